The lowest BCUT2D eigenvalue weighted by atomic mass is 10.1. The number of aliphatic hydroxyl groups excluding tert-OH is 1. The van der Waals surface area contributed by atoms with Gasteiger partial charge in [-0.2, -0.15) is 0 Å². The molecule has 2 unspecified atom stereocenters. The fourth-order valence-electron chi connectivity index (χ4n) is 3.18. The zero-order chi connectivity index (χ0) is 16.4. The molecular formula is C18H24N2O3. The van der Waals surface area contributed by atoms with Crippen LogP contribution in [0.25, 0.3) is 0 Å². The van der Waals surface area contributed by atoms with Crippen LogP contribution in [-0.4, -0.2) is 41.5 Å². The Hall–Kier alpha value is -1.88. The van der Waals surface area contributed by atoms with E-state index in [4.69, 9.17) is 0 Å². The van der Waals surface area contributed by atoms with Crippen LogP contribution in [0.5, 0.6) is 0 Å². The van der Waals surface area contributed by atoms with E-state index < -0.39 is 0 Å². The number of carbonyl (C=O) groups excluding carboxylic acids is 2. The quantitative estimate of drug-likeness (QED) is 0.835. The maximum Gasteiger partial charge on any atom is 0.225 e. The van der Waals surface area contributed by atoms with Crippen molar-refractivity contribution in [3.63, 3.8) is 0 Å². The number of aliphatic hydroxyl groups is 1. The Bertz CT molecular complexity index is 583. The van der Waals surface area contributed by atoms with Crippen LogP contribution in [-0.2, 0) is 9.59 Å². The molecule has 0 radical (unpaired) electrons. The second-order valence-corrected chi connectivity index (χ2v) is 6.91. The summed E-state index contributed by atoms with van der Waals surface area (Å²) in [4.78, 5) is 26.4. The van der Waals surface area contributed by atoms with E-state index in [9.17, 15) is 14.7 Å². The first-order chi connectivity index (χ1) is 11.0. The Morgan fingerprint density at radius 1 is 1.39 bits per heavy atom. The van der Waals surface area contributed by atoms with Gasteiger partial charge in [0.2, 0.25) is 11.8 Å². The molecule has 1 heterocycles. The molecule has 2 aliphatic rings. The number of hydrogen-bond acceptors (Lipinski definition) is 3. The van der Waals surface area contributed by atoms with Crippen molar-refractivity contribution < 1.29 is 14.7 Å². The third-order valence-electron chi connectivity index (χ3n) is 5.21. The summed E-state index contributed by atoms with van der Waals surface area (Å²) in [5.74, 6) is -0.325. The van der Waals surface area contributed by atoms with E-state index >= 15 is 0 Å². The molecule has 1 saturated carbocycles. The molecule has 1 aliphatic heterocycles. The van der Waals surface area contributed by atoms with E-state index in [1.165, 1.54) is 0 Å². The number of benzene rings is 1. The SMILES string of the molecule is CC(c1ccccc1)N1CC(C(=O)NCC2(CO)CC2)CC1=O. The average Bonchev–Trinajstić information content (AvgIpc) is 3.27. The highest BCUT2D eigenvalue weighted by atomic mass is 16.3. The minimum absolute atomic E-state index is 0.0197. The minimum atomic E-state index is -0.289. The van der Waals surface area contributed by atoms with E-state index in [1.807, 2.05) is 37.3 Å². The van der Waals surface area contributed by atoms with Gasteiger partial charge in [0.05, 0.1) is 18.6 Å². The summed E-state index contributed by atoms with van der Waals surface area (Å²) in [5.41, 5.74) is 0.981. The van der Waals surface area contributed by atoms with Gasteiger partial charge in [0.25, 0.3) is 0 Å². The Balaban J connectivity index is 1.57. The van der Waals surface area contributed by atoms with Gasteiger partial charge in [-0.15, -0.1) is 0 Å². The highest BCUT2D eigenvalue weighted by Gasteiger charge is 2.43. The van der Waals surface area contributed by atoms with Crippen molar-refractivity contribution in [2.24, 2.45) is 11.3 Å². The molecule has 5 nitrogen and oxygen atoms in total. The van der Waals surface area contributed by atoms with Gasteiger partial charge in [-0.1, -0.05) is 30.3 Å². The van der Waals surface area contributed by atoms with Crippen LogP contribution < -0.4 is 5.32 Å². The van der Waals surface area contributed by atoms with Gasteiger partial charge in [-0.3, -0.25) is 9.59 Å². The number of nitrogens with one attached hydrogen (secondary N) is 1. The molecule has 1 saturated heterocycles. The first kappa shape index (κ1) is 16.0. The predicted molar refractivity (Wildman–Crippen MR) is 86.4 cm³/mol. The van der Waals surface area contributed by atoms with E-state index in [0.29, 0.717) is 13.1 Å². The second-order valence-electron chi connectivity index (χ2n) is 6.91. The number of nitrogens with zero attached hydrogens (tertiary/aromatic N) is 1. The molecular weight excluding hydrogens is 292 g/mol. The Morgan fingerprint density at radius 2 is 2.09 bits per heavy atom. The molecule has 0 aromatic heterocycles. The summed E-state index contributed by atoms with van der Waals surface area (Å²) >= 11 is 0. The highest BCUT2D eigenvalue weighted by molar-refractivity contribution is 5.89. The van der Waals surface area contributed by atoms with Gasteiger partial charge < -0.3 is 15.3 Å². The molecule has 0 spiro atoms. The largest absolute Gasteiger partial charge is 0.396 e. The van der Waals surface area contributed by atoms with Crippen LogP contribution in [0.4, 0.5) is 0 Å². The lowest BCUT2D eigenvalue weighted by Crippen LogP contribution is -2.37. The zero-order valence-corrected chi connectivity index (χ0v) is 13.5. The van der Waals surface area contributed by atoms with Gasteiger partial charge in [0.1, 0.15) is 0 Å². The van der Waals surface area contributed by atoms with Gasteiger partial charge in [-0.25, -0.2) is 0 Å². The molecule has 2 fully saturated rings. The second kappa shape index (κ2) is 6.32. The number of rotatable bonds is 6. The molecule has 1 aromatic rings. The summed E-state index contributed by atoms with van der Waals surface area (Å²) in [5, 5.41) is 12.2. The van der Waals surface area contributed by atoms with E-state index in [1.54, 1.807) is 4.90 Å². The summed E-state index contributed by atoms with van der Waals surface area (Å²) < 4.78 is 0. The average molecular weight is 316 g/mol. The van der Waals surface area contributed by atoms with Crippen LogP contribution in [0.1, 0.15) is 37.8 Å². The number of hydrogen-bond donors (Lipinski definition) is 2. The van der Waals surface area contributed by atoms with Crippen molar-refractivity contribution >= 4 is 11.8 Å². The van der Waals surface area contributed by atoms with E-state index in [2.05, 4.69) is 5.32 Å². The molecule has 5 heteroatoms. The topological polar surface area (TPSA) is 69.6 Å². The summed E-state index contributed by atoms with van der Waals surface area (Å²) in [7, 11) is 0. The van der Waals surface area contributed by atoms with Crippen LogP contribution in [0, 0.1) is 11.3 Å². The zero-order valence-electron chi connectivity index (χ0n) is 13.5. The smallest absolute Gasteiger partial charge is 0.225 e. The maximum absolute atomic E-state index is 12.3. The summed E-state index contributed by atoms with van der Waals surface area (Å²) in [6.07, 6.45) is 2.20. The van der Waals surface area contributed by atoms with E-state index in [0.717, 1.165) is 18.4 Å². The third kappa shape index (κ3) is 3.39. The Morgan fingerprint density at radius 3 is 2.70 bits per heavy atom. The van der Waals surface area contributed by atoms with Gasteiger partial charge in [0, 0.05) is 24.9 Å². The van der Waals surface area contributed by atoms with E-state index in [-0.39, 0.29) is 42.2 Å². The number of likely N-dealkylation sites (tertiary alicyclic amines) is 1. The molecule has 0 bridgehead atoms. The number of amides is 2. The van der Waals surface area contributed by atoms with Crippen molar-refractivity contribution in [2.75, 3.05) is 19.7 Å². The van der Waals surface area contributed by atoms with Gasteiger partial charge in [-0.05, 0) is 25.3 Å². The monoisotopic (exact) mass is 316 g/mol. The standard InChI is InChI=1S/C18H24N2O3/c1-13(14-5-3-2-4-6-14)20-10-15(9-16(20)22)17(23)19-11-18(12-21)7-8-18/h2-6,13,15,21H,7-12H2,1H3,(H,19,23). The van der Waals surface area contributed by atoms with Gasteiger partial charge >= 0.3 is 0 Å². The summed E-state index contributed by atoms with van der Waals surface area (Å²) in [6.45, 7) is 3.10. The molecule has 23 heavy (non-hydrogen) atoms. The first-order valence-corrected chi connectivity index (χ1v) is 8.28. The first-order valence-electron chi connectivity index (χ1n) is 8.28. The van der Waals surface area contributed by atoms with Crippen LogP contribution in [0.15, 0.2) is 30.3 Å². The number of carbonyl (C=O) groups is 2. The molecule has 2 amide bonds. The fraction of sp³-hybridized carbons (Fsp3) is 0.556. The normalized spacial score (nSPS) is 23.7. The fourth-order valence-corrected chi connectivity index (χ4v) is 3.18. The molecule has 124 valence electrons. The lowest BCUT2D eigenvalue weighted by molar-refractivity contribution is -0.130. The molecule has 1 aliphatic carbocycles. The van der Waals surface area contributed by atoms with Crippen molar-refractivity contribution in [2.45, 2.75) is 32.2 Å². The molecule has 1 aromatic carbocycles. The van der Waals surface area contributed by atoms with Crippen molar-refractivity contribution in [3.05, 3.63) is 35.9 Å². The van der Waals surface area contributed by atoms with Gasteiger partial charge in [0.15, 0.2) is 0 Å². The third-order valence-corrected chi connectivity index (χ3v) is 5.21. The highest BCUT2D eigenvalue weighted by Crippen LogP contribution is 2.44. The maximum atomic E-state index is 12.3. The molecule has 3 rings (SSSR count). The van der Waals surface area contributed by atoms with Crippen molar-refractivity contribution in [1.29, 1.82) is 0 Å². The Kier molecular flexibility index (Phi) is 4.39. The Labute approximate surface area is 136 Å². The minimum Gasteiger partial charge on any atom is -0.396 e. The summed E-state index contributed by atoms with van der Waals surface area (Å²) in [6, 6.07) is 9.86. The van der Waals surface area contributed by atoms with Crippen molar-refractivity contribution in [1.82, 2.24) is 10.2 Å². The van der Waals surface area contributed by atoms with Crippen LogP contribution in [0.2, 0.25) is 0 Å². The van der Waals surface area contributed by atoms with Crippen LogP contribution >= 0.6 is 0 Å². The van der Waals surface area contributed by atoms with Crippen molar-refractivity contribution in [3.8, 4) is 0 Å². The lowest BCUT2D eigenvalue weighted by Gasteiger charge is -2.25. The molecule has 2 N–H and O–H groups in total. The molecule has 2 atom stereocenters. The predicted octanol–water partition coefficient (Wildman–Crippen LogP) is 1.48. The van der Waals surface area contributed by atoms with Crippen LogP contribution in [0.3, 0.4) is 0 Å².